The summed E-state index contributed by atoms with van der Waals surface area (Å²) in [5.41, 5.74) is 2.11. The molecule has 4 nitrogen and oxygen atoms in total. The lowest BCUT2D eigenvalue weighted by Crippen LogP contribution is -2.35. The number of nitrogens with zero attached hydrogens (tertiary/aromatic N) is 1. The van der Waals surface area contributed by atoms with Crippen LogP contribution in [0.4, 0.5) is 0 Å². The van der Waals surface area contributed by atoms with Gasteiger partial charge in [0.25, 0.3) is 0 Å². The van der Waals surface area contributed by atoms with Crippen molar-refractivity contribution < 1.29 is 9.90 Å². The van der Waals surface area contributed by atoms with Crippen LogP contribution < -0.4 is 5.32 Å². The van der Waals surface area contributed by atoms with Crippen molar-refractivity contribution in [2.24, 2.45) is 0 Å². The Hall–Kier alpha value is -1.39. The average Bonchev–Trinajstić information content (AvgIpc) is 2.87. The highest BCUT2D eigenvalue weighted by Crippen LogP contribution is 2.18. The van der Waals surface area contributed by atoms with Gasteiger partial charge in [-0.3, -0.25) is 4.79 Å². The predicted octanol–water partition coefficient (Wildman–Crippen LogP) is 1.45. The first-order valence-electron chi connectivity index (χ1n) is 6.81. The summed E-state index contributed by atoms with van der Waals surface area (Å²) in [6, 6.07) is 8.56. The third-order valence-electron chi connectivity index (χ3n) is 3.75. The van der Waals surface area contributed by atoms with Crippen molar-refractivity contribution in [3.8, 4) is 0 Å². The predicted molar refractivity (Wildman–Crippen MR) is 74.6 cm³/mol. The summed E-state index contributed by atoms with van der Waals surface area (Å²) in [4.78, 5) is 13.2. The standard InChI is InChI=1S/C15H22N2O2/c1-11(14-5-3-4-13(8-14)10-18)16-15-6-7-17(9-15)12(2)19/h3-5,8,11,15-16,18H,6-7,9-10H2,1-2H3. The van der Waals surface area contributed by atoms with E-state index in [1.54, 1.807) is 6.92 Å². The number of nitrogens with one attached hydrogen (secondary N) is 1. The molecule has 2 atom stereocenters. The zero-order chi connectivity index (χ0) is 13.8. The molecule has 104 valence electrons. The highest BCUT2D eigenvalue weighted by atomic mass is 16.3. The van der Waals surface area contributed by atoms with E-state index in [1.165, 1.54) is 5.56 Å². The molecule has 1 aromatic rings. The Kier molecular flexibility index (Phi) is 4.56. The largest absolute Gasteiger partial charge is 0.392 e. The van der Waals surface area contributed by atoms with Crippen molar-refractivity contribution in [3.63, 3.8) is 0 Å². The number of hydrogen-bond donors (Lipinski definition) is 2. The van der Waals surface area contributed by atoms with Crippen molar-refractivity contribution in [2.45, 2.75) is 39.0 Å². The molecule has 4 heteroatoms. The summed E-state index contributed by atoms with van der Waals surface area (Å²) in [6.45, 7) is 5.45. The average molecular weight is 262 g/mol. The van der Waals surface area contributed by atoms with Gasteiger partial charge in [-0.05, 0) is 24.5 Å². The van der Waals surface area contributed by atoms with Crippen LogP contribution in [-0.4, -0.2) is 35.0 Å². The van der Waals surface area contributed by atoms with E-state index in [-0.39, 0.29) is 18.6 Å². The molecule has 2 rings (SSSR count). The number of amides is 1. The topological polar surface area (TPSA) is 52.6 Å². The highest BCUT2D eigenvalue weighted by Gasteiger charge is 2.25. The van der Waals surface area contributed by atoms with Gasteiger partial charge in [-0.25, -0.2) is 0 Å². The summed E-state index contributed by atoms with van der Waals surface area (Å²) < 4.78 is 0. The van der Waals surface area contributed by atoms with E-state index < -0.39 is 0 Å². The fourth-order valence-electron chi connectivity index (χ4n) is 2.59. The van der Waals surface area contributed by atoms with Crippen LogP contribution in [0.15, 0.2) is 24.3 Å². The Morgan fingerprint density at radius 2 is 2.37 bits per heavy atom. The van der Waals surface area contributed by atoms with Gasteiger partial charge in [0.05, 0.1) is 6.61 Å². The third kappa shape index (κ3) is 3.55. The van der Waals surface area contributed by atoms with Crippen molar-refractivity contribution in [1.82, 2.24) is 10.2 Å². The first-order valence-corrected chi connectivity index (χ1v) is 6.81. The molecule has 1 fully saturated rings. The fraction of sp³-hybridized carbons (Fsp3) is 0.533. The number of benzene rings is 1. The van der Waals surface area contributed by atoms with Gasteiger partial charge in [0.1, 0.15) is 0 Å². The Morgan fingerprint density at radius 3 is 3.00 bits per heavy atom. The zero-order valence-electron chi connectivity index (χ0n) is 11.6. The number of hydrogen-bond acceptors (Lipinski definition) is 3. The van der Waals surface area contributed by atoms with Crippen LogP contribution in [0.1, 0.15) is 37.4 Å². The smallest absolute Gasteiger partial charge is 0.219 e. The molecular weight excluding hydrogens is 240 g/mol. The molecule has 1 heterocycles. The van der Waals surface area contributed by atoms with E-state index in [4.69, 9.17) is 5.11 Å². The first-order chi connectivity index (χ1) is 9.10. The Labute approximate surface area is 114 Å². The molecule has 1 saturated heterocycles. The Morgan fingerprint density at radius 1 is 1.58 bits per heavy atom. The molecule has 1 aliphatic rings. The van der Waals surface area contributed by atoms with Gasteiger partial charge in [0.15, 0.2) is 0 Å². The lowest BCUT2D eigenvalue weighted by Gasteiger charge is -2.20. The minimum absolute atomic E-state index is 0.0715. The maximum absolute atomic E-state index is 11.3. The molecule has 2 unspecified atom stereocenters. The van der Waals surface area contributed by atoms with Gasteiger partial charge in [-0.2, -0.15) is 0 Å². The minimum Gasteiger partial charge on any atom is -0.392 e. The van der Waals surface area contributed by atoms with Gasteiger partial charge in [0, 0.05) is 32.1 Å². The summed E-state index contributed by atoms with van der Waals surface area (Å²) in [6.07, 6.45) is 1.00. The normalized spacial score (nSPS) is 20.6. The summed E-state index contributed by atoms with van der Waals surface area (Å²) >= 11 is 0. The van der Waals surface area contributed by atoms with Crippen molar-refractivity contribution in [2.75, 3.05) is 13.1 Å². The van der Waals surface area contributed by atoms with Crippen LogP contribution in [-0.2, 0) is 11.4 Å². The minimum atomic E-state index is 0.0715. The van der Waals surface area contributed by atoms with E-state index in [0.717, 1.165) is 25.1 Å². The number of likely N-dealkylation sites (tertiary alicyclic amines) is 1. The number of aliphatic hydroxyl groups excluding tert-OH is 1. The third-order valence-corrected chi connectivity index (χ3v) is 3.75. The van der Waals surface area contributed by atoms with Crippen LogP contribution in [0.5, 0.6) is 0 Å². The number of rotatable bonds is 4. The maximum Gasteiger partial charge on any atom is 0.219 e. The van der Waals surface area contributed by atoms with Crippen LogP contribution in [0, 0.1) is 0 Å². The Bertz CT molecular complexity index is 448. The molecule has 0 radical (unpaired) electrons. The van der Waals surface area contributed by atoms with E-state index >= 15 is 0 Å². The number of carbonyl (C=O) groups is 1. The van der Waals surface area contributed by atoms with E-state index in [2.05, 4.69) is 18.3 Å². The van der Waals surface area contributed by atoms with Gasteiger partial charge in [-0.1, -0.05) is 24.3 Å². The number of aliphatic hydroxyl groups is 1. The van der Waals surface area contributed by atoms with Gasteiger partial charge < -0.3 is 15.3 Å². The number of carbonyl (C=O) groups excluding carboxylic acids is 1. The molecule has 0 saturated carbocycles. The second-order valence-corrected chi connectivity index (χ2v) is 5.24. The molecule has 1 amide bonds. The van der Waals surface area contributed by atoms with E-state index in [0.29, 0.717) is 6.04 Å². The fourth-order valence-corrected chi connectivity index (χ4v) is 2.59. The van der Waals surface area contributed by atoms with Crippen LogP contribution in [0.3, 0.4) is 0 Å². The second kappa shape index (κ2) is 6.17. The monoisotopic (exact) mass is 262 g/mol. The Balaban J connectivity index is 1.94. The molecule has 0 spiro atoms. The SMILES string of the molecule is CC(=O)N1CCC(NC(C)c2cccc(CO)c2)C1. The summed E-state index contributed by atoms with van der Waals surface area (Å²) in [5.74, 6) is 0.152. The second-order valence-electron chi connectivity index (χ2n) is 5.24. The highest BCUT2D eigenvalue weighted by molar-refractivity contribution is 5.73. The molecule has 1 aliphatic heterocycles. The summed E-state index contributed by atoms with van der Waals surface area (Å²) in [7, 11) is 0. The first kappa shape index (κ1) is 14.0. The van der Waals surface area contributed by atoms with E-state index in [9.17, 15) is 4.79 Å². The molecule has 0 aromatic heterocycles. The molecule has 1 aromatic carbocycles. The molecule has 0 aliphatic carbocycles. The van der Waals surface area contributed by atoms with Crippen molar-refractivity contribution in [1.29, 1.82) is 0 Å². The van der Waals surface area contributed by atoms with Crippen molar-refractivity contribution in [3.05, 3.63) is 35.4 Å². The van der Waals surface area contributed by atoms with Crippen molar-refractivity contribution >= 4 is 5.91 Å². The van der Waals surface area contributed by atoms with Crippen LogP contribution in [0.2, 0.25) is 0 Å². The molecular formula is C15H22N2O2. The van der Waals surface area contributed by atoms with Crippen LogP contribution >= 0.6 is 0 Å². The lowest BCUT2D eigenvalue weighted by atomic mass is 10.0. The molecule has 19 heavy (non-hydrogen) atoms. The quantitative estimate of drug-likeness (QED) is 0.863. The molecule has 2 N–H and O–H groups in total. The van der Waals surface area contributed by atoms with Gasteiger partial charge in [-0.15, -0.1) is 0 Å². The lowest BCUT2D eigenvalue weighted by molar-refractivity contribution is -0.127. The molecule has 0 bridgehead atoms. The van der Waals surface area contributed by atoms with Gasteiger partial charge in [0.2, 0.25) is 5.91 Å². The van der Waals surface area contributed by atoms with E-state index in [1.807, 2.05) is 23.1 Å². The van der Waals surface area contributed by atoms with Gasteiger partial charge >= 0.3 is 0 Å². The zero-order valence-corrected chi connectivity index (χ0v) is 11.6. The maximum atomic E-state index is 11.3. The van der Waals surface area contributed by atoms with Crippen LogP contribution in [0.25, 0.3) is 0 Å². The summed E-state index contributed by atoms with van der Waals surface area (Å²) in [5, 5.41) is 12.7.